The molecular formula is C24H26N4O. The number of nitrogens with zero attached hydrogens (tertiary/aromatic N) is 3. The van der Waals surface area contributed by atoms with Gasteiger partial charge in [-0.2, -0.15) is 4.98 Å². The average molecular weight is 386 g/mol. The molecule has 1 aromatic heterocycles. The van der Waals surface area contributed by atoms with Crippen molar-refractivity contribution >= 4 is 23.2 Å². The van der Waals surface area contributed by atoms with Crippen molar-refractivity contribution in [3.8, 4) is 11.3 Å². The zero-order valence-electron chi connectivity index (χ0n) is 16.9. The van der Waals surface area contributed by atoms with E-state index < -0.39 is 0 Å². The van der Waals surface area contributed by atoms with Gasteiger partial charge in [-0.3, -0.25) is 4.79 Å². The summed E-state index contributed by atoms with van der Waals surface area (Å²) < 4.78 is 0. The van der Waals surface area contributed by atoms with E-state index in [9.17, 15) is 4.79 Å². The lowest BCUT2D eigenvalue weighted by molar-refractivity contribution is 0.101. The molecule has 5 heteroatoms. The van der Waals surface area contributed by atoms with E-state index in [1.807, 2.05) is 42.5 Å². The number of rotatable bonds is 5. The molecule has 0 radical (unpaired) electrons. The first kappa shape index (κ1) is 19.1. The monoisotopic (exact) mass is 386 g/mol. The van der Waals surface area contributed by atoms with Gasteiger partial charge in [-0.05, 0) is 49.9 Å². The molecule has 1 aliphatic rings. The standard InChI is InChI=1S/C24H26N4O/c1-17-12-14-28(15-13-17)23-16-22(20-6-4-3-5-7-20)26-24(27-23)25-21-10-8-19(9-11-21)18(2)29/h3-11,16-17H,12-15H2,1-2H3,(H,25,26,27). The van der Waals surface area contributed by atoms with Gasteiger partial charge in [0.2, 0.25) is 5.95 Å². The Morgan fingerprint density at radius 2 is 1.69 bits per heavy atom. The lowest BCUT2D eigenvalue weighted by atomic mass is 9.99. The molecule has 0 saturated carbocycles. The number of benzene rings is 2. The maximum atomic E-state index is 11.5. The number of ketones is 1. The maximum absolute atomic E-state index is 11.5. The Labute approximate surface area is 171 Å². The first-order valence-electron chi connectivity index (χ1n) is 10.2. The second kappa shape index (κ2) is 8.43. The van der Waals surface area contributed by atoms with Crippen LogP contribution in [-0.2, 0) is 0 Å². The van der Waals surface area contributed by atoms with E-state index in [2.05, 4.69) is 35.3 Å². The number of aromatic nitrogens is 2. The predicted octanol–water partition coefficient (Wildman–Crippen LogP) is 5.33. The minimum Gasteiger partial charge on any atom is -0.356 e. The van der Waals surface area contributed by atoms with Crippen LogP contribution < -0.4 is 10.2 Å². The van der Waals surface area contributed by atoms with Crippen LogP contribution in [-0.4, -0.2) is 28.8 Å². The number of carbonyl (C=O) groups excluding carboxylic acids is 1. The molecule has 0 unspecified atom stereocenters. The smallest absolute Gasteiger partial charge is 0.229 e. The van der Waals surface area contributed by atoms with Gasteiger partial charge in [0.25, 0.3) is 0 Å². The summed E-state index contributed by atoms with van der Waals surface area (Å²) in [7, 11) is 0. The molecular weight excluding hydrogens is 360 g/mol. The zero-order chi connectivity index (χ0) is 20.2. The highest BCUT2D eigenvalue weighted by atomic mass is 16.1. The molecule has 0 aliphatic carbocycles. The van der Waals surface area contributed by atoms with E-state index in [4.69, 9.17) is 9.97 Å². The van der Waals surface area contributed by atoms with Gasteiger partial charge >= 0.3 is 0 Å². The number of hydrogen-bond donors (Lipinski definition) is 1. The third-order valence-electron chi connectivity index (χ3n) is 5.44. The minimum atomic E-state index is 0.0560. The van der Waals surface area contributed by atoms with Crippen molar-refractivity contribution in [3.05, 3.63) is 66.2 Å². The SMILES string of the molecule is CC(=O)c1ccc(Nc2nc(-c3ccccc3)cc(N3CCC(C)CC3)n2)cc1. The molecule has 2 heterocycles. The van der Waals surface area contributed by atoms with E-state index in [-0.39, 0.29) is 5.78 Å². The minimum absolute atomic E-state index is 0.0560. The van der Waals surface area contributed by atoms with E-state index in [0.717, 1.165) is 41.8 Å². The summed E-state index contributed by atoms with van der Waals surface area (Å²) in [6, 6.07) is 19.7. The summed E-state index contributed by atoms with van der Waals surface area (Å²) in [6.45, 7) is 5.91. The highest BCUT2D eigenvalue weighted by Crippen LogP contribution is 2.28. The van der Waals surface area contributed by atoms with Gasteiger partial charge in [0, 0.05) is 36.0 Å². The summed E-state index contributed by atoms with van der Waals surface area (Å²) in [5.41, 5.74) is 3.52. The van der Waals surface area contributed by atoms with Crippen LogP contribution in [0.25, 0.3) is 11.3 Å². The zero-order valence-corrected chi connectivity index (χ0v) is 16.9. The van der Waals surface area contributed by atoms with E-state index in [0.29, 0.717) is 11.5 Å². The van der Waals surface area contributed by atoms with E-state index >= 15 is 0 Å². The third-order valence-corrected chi connectivity index (χ3v) is 5.44. The van der Waals surface area contributed by atoms with Gasteiger partial charge in [0.05, 0.1) is 5.69 Å². The molecule has 5 nitrogen and oxygen atoms in total. The number of anilines is 3. The van der Waals surface area contributed by atoms with Crippen molar-refractivity contribution in [2.45, 2.75) is 26.7 Å². The summed E-state index contributed by atoms with van der Waals surface area (Å²) in [5.74, 6) is 2.34. The first-order valence-corrected chi connectivity index (χ1v) is 10.2. The number of Topliss-reactive ketones (excluding diaryl/α,β-unsaturated/α-hetero) is 1. The van der Waals surface area contributed by atoms with Crippen LogP contribution in [0, 0.1) is 5.92 Å². The van der Waals surface area contributed by atoms with Crippen molar-refractivity contribution in [2.24, 2.45) is 5.92 Å². The molecule has 3 aromatic rings. The van der Waals surface area contributed by atoms with Gasteiger partial charge in [0.1, 0.15) is 5.82 Å². The Morgan fingerprint density at radius 1 is 1.00 bits per heavy atom. The van der Waals surface area contributed by atoms with Crippen LogP contribution in [0.1, 0.15) is 37.0 Å². The Hall–Kier alpha value is -3.21. The molecule has 29 heavy (non-hydrogen) atoms. The predicted molar refractivity (Wildman–Crippen MR) is 118 cm³/mol. The Bertz CT molecular complexity index is 978. The van der Waals surface area contributed by atoms with Crippen molar-refractivity contribution in [2.75, 3.05) is 23.3 Å². The van der Waals surface area contributed by atoms with Crippen LogP contribution in [0.5, 0.6) is 0 Å². The quantitative estimate of drug-likeness (QED) is 0.601. The Kier molecular flexibility index (Phi) is 5.56. The first-order chi connectivity index (χ1) is 14.1. The van der Waals surface area contributed by atoms with Crippen molar-refractivity contribution < 1.29 is 4.79 Å². The Morgan fingerprint density at radius 3 is 2.34 bits per heavy atom. The maximum Gasteiger partial charge on any atom is 0.229 e. The normalized spacial score (nSPS) is 14.6. The highest BCUT2D eigenvalue weighted by Gasteiger charge is 2.19. The molecule has 0 spiro atoms. The van der Waals surface area contributed by atoms with Gasteiger partial charge in [-0.15, -0.1) is 0 Å². The molecule has 1 saturated heterocycles. The third kappa shape index (κ3) is 4.62. The Balaban J connectivity index is 1.66. The summed E-state index contributed by atoms with van der Waals surface area (Å²) in [6.07, 6.45) is 2.36. The molecule has 0 atom stereocenters. The number of piperidine rings is 1. The molecule has 1 N–H and O–H groups in total. The molecule has 1 fully saturated rings. The highest BCUT2D eigenvalue weighted by molar-refractivity contribution is 5.94. The van der Waals surface area contributed by atoms with Gasteiger partial charge < -0.3 is 10.2 Å². The van der Waals surface area contributed by atoms with E-state index in [1.165, 1.54) is 12.8 Å². The molecule has 4 rings (SSSR count). The fraction of sp³-hybridized carbons (Fsp3) is 0.292. The fourth-order valence-corrected chi connectivity index (χ4v) is 3.56. The van der Waals surface area contributed by atoms with Crippen LogP contribution in [0.3, 0.4) is 0 Å². The number of nitrogens with one attached hydrogen (secondary N) is 1. The van der Waals surface area contributed by atoms with Crippen LogP contribution in [0.2, 0.25) is 0 Å². The van der Waals surface area contributed by atoms with E-state index in [1.54, 1.807) is 6.92 Å². The number of hydrogen-bond acceptors (Lipinski definition) is 5. The summed E-state index contributed by atoms with van der Waals surface area (Å²) in [5, 5.41) is 3.31. The molecule has 0 bridgehead atoms. The molecule has 2 aromatic carbocycles. The topological polar surface area (TPSA) is 58.1 Å². The van der Waals surface area contributed by atoms with Crippen LogP contribution in [0.4, 0.5) is 17.5 Å². The molecule has 1 aliphatic heterocycles. The van der Waals surface area contributed by atoms with Crippen LogP contribution >= 0.6 is 0 Å². The van der Waals surface area contributed by atoms with Crippen molar-refractivity contribution in [3.63, 3.8) is 0 Å². The molecule has 0 amide bonds. The van der Waals surface area contributed by atoms with Crippen molar-refractivity contribution in [1.29, 1.82) is 0 Å². The lowest BCUT2D eigenvalue weighted by Crippen LogP contribution is -2.33. The largest absolute Gasteiger partial charge is 0.356 e. The van der Waals surface area contributed by atoms with Gasteiger partial charge in [-0.25, -0.2) is 4.98 Å². The second-order valence-electron chi connectivity index (χ2n) is 7.73. The van der Waals surface area contributed by atoms with Crippen molar-refractivity contribution in [1.82, 2.24) is 9.97 Å². The summed E-state index contributed by atoms with van der Waals surface area (Å²) >= 11 is 0. The fourth-order valence-electron chi connectivity index (χ4n) is 3.56. The molecule has 148 valence electrons. The number of carbonyl (C=O) groups is 1. The van der Waals surface area contributed by atoms with Gasteiger partial charge in [0.15, 0.2) is 5.78 Å². The van der Waals surface area contributed by atoms with Gasteiger partial charge in [-0.1, -0.05) is 37.3 Å². The summed E-state index contributed by atoms with van der Waals surface area (Å²) in [4.78, 5) is 23.4. The second-order valence-corrected chi connectivity index (χ2v) is 7.73. The van der Waals surface area contributed by atoms with Crippen LogP contribution in [0.15, 0.2) is 60.7 Å². The lowest BCUT2D eigenvalue weighted by Gasteiger charge is -2.31. The average Bonchev–Trinajstić information content (AvgIpc) is 2.75.